The Bertz CT molecular complexity index is 635. The summed E-state index contributed by atoms with van der Waals surface area (Å²) < 4.78 is 5.33. The molecule has 2 aromatic rings. The average Bonchev–Trinajstić information content (AvgIpc) is 2.53. The molecule has 0 radical (unpaired) electrons. The van der Waals surface area contributed by atoms with Gasteiger partial charge in [0.15, 0.2) is 0 Å². The second-order valence-electron chi connectivity index (χ2n) is 5.90. The van der Waals surface area contributed by atoms with Gasteiger partial charge in [-0.25, -0.2) is 0 Å². The molecule has 2 atom stereocenters. The molecule has 2 heteroatoms. The van der Waals surface area contributed by atoms with Crippen LogP contribution in [0.2, 0.25) is 0 Å². The fraction of sp³-hybridized carbons (Fsp3) is 0.368. The molecule has 21 heavy (non-hydrogen) atoms. The van der Waals surface area contributed by atoms with Gasteiger partial charge in [-0.1, -0.05) is 36.4 Å². The van der Waals surface area contributed by atoms with E-state index in [1.807, 2.05) is 6.07 Å². The second kappa shape index (κ2) is 6.11. The van der Waals surface area contributed by atoms with E-state index in [4.69, 9.17) is 16.3 Å². The molecule has 1 aliphatic rings. The molecule has 0 heterocycles. The minimum absolute atomic E-state index is 0.0722. The van der Waals surface area contributed by atoms with Crippen molar-refractivity contribution in [1.29, 1.82) is 0 Å². The van der Waals surface area contributed by atoms with Crippen molar-refractivity contribution >= 4 is 11.6 Å². The van der Waals surface area contributed by atoms with Crippen LogP contribution in [-0.4, -0.2) is 7.11 Å². The number of benzene rings is 2. The lowest BCUT2D eigenvalue weighted by atomic mass is 9.80. The molecule has 0 saturated heterocycles. The highest BCUT2D eigenvalue weighted by atomic mass is 35.5. The minimum atomic E-state index is 0.0722. The Morgan fingerprint density at radius 3 is 2.62 bits per heavy atom. The topological polar surface area (TPSA) is 9.23 Å². The Morgan fingerprint density at radius 1 is 1.14 bits per heavy atom. The number of hydrogen-bond donors (Lipinski definition) is 0. The third-order valence-electron chi connectivity index (χ3n) is 4.54. The summed E-state index contributed by atoms with van der Waals surface area (Å²) in [7, 11) is 1.71. The van der Waals surface area contributed by atoms with Gasteiger partial charge in [-0.15, -0.1) is 11.6 Å². The van der Waals surface area contributed by atoms with Gasteiger partial charge in [0.2, 0.25) is 0 Å². The Balaban J connectivity index is 1.80. The summed E-state index contributed by atoms with van der Waals surface area (Å²) in [5.74, 6) is 1.44. The van der Waals surface area contributed by atoms with E-state index in [1.54, 1.807) is 7.11 Å². The van der Waals surface area contributed by atoms with Gasteiger partial charge in [-0.3, -0.25) is 0 Å². The first-order valence-corrected chi connectivity index (χ1v) is 7.98. The molecule has 0 aliphatic heterocycles. The zero-order valence-corrected chi connectivity index (χ0v) is 13.4. The van der Waals surface area contributed by atoms with Crippen LogP contribution in [-0.2, 0) is 12.8 Å². The molecule has 0 N–H and O–H groups in total. The van der Waals surface area contributed by atoms with Crippen LogP contribution >= 0.6 is 11.6 Å². The van der Waals surface area contributed by atoms with E-state index < -0.39 is 0 Å². The van der Waals surface area contributed by atoms with Crippen LogP contribution in [0, 0.1) is 12.8 Å². The maximum Gasteiger partial charge on any atom is 0.121 e. The molecule has 0 fully saturated rings. The van der Waals surface area contributed by atoms with Crippen molar-refractivity contribution in [3.63, 3.8) is 0 Å². The average molecular weight is 301 g/mol. The number of hydrogen-bond acceptors (Lipinski definition) is 1. The first-order chi connectivity index (χ1) is 10.2. The van der Waals surface area contributed by atoms with Crippen LogP contribution in [0.15, 0.2) is 42.5 Å². The van der Waals surface area contributed by atoms with E-state index in [1.165, 1.54) is 16.7 Å². The number of methoxy groups -OCH3 is 1. The van der Waals surface area contributed by atoms with E-state index in [0.717, 1.165) is 30.6 Å². The largest absolute Gasteiger partial charge is 0.496 e. The Morgan fingerprint density at radius 2 is 1.90 bits per heavy atom. The van der Waals surface area contributed by atoms with Crippen molar-refractivity contribution in [2.24, 2.45) is 5.92 Å². The van der Waals surface area contributed by atoms with Crippen molar-refractivity contribution in [2.45, 2.75) is 31.6 Å². The van der Waals surface area contributed by atoms with Crippen LogP contribution in [0.25, 0.3) is 0 Å². The zero-order chi connectivity index (χ0) is 14.8. The Kier molecular flexibility index (Phi) is 4.21. The number of fused-ring (bicyclic) bond motifs is 1. The van der Waals surface area contributed by atoms with Gasteiger partial charge < -0.3 is 4.74 Å². The van der Waals surface area contributed by atoms with Crippen LogP contribution in [0.3, 0.4) is 0 Å². The zero-order valence-electron chi connectivity index (χ0n) is 12.6. The fourth-order valence-corrected chi connectivity index (χ4v) is 3.67. The molecule has 0 aromatic heterocycles. The smallest absolute Gasteiger partial charge is 0.121 e. The van der Waals surface area contributed by atoms with Crippen molar-refractivity contribution in [3.05, 3.63) is 64.7 Å². The summed E-state index contributed by atoms with van der Waals surface area (Å²) in [5.41, 5.74) is 5.31. The molecular formula is C19H21ClO. The first kappa shape index (κ1) is 14.5. The highest BCUT2D eigenvalue weighted by molar-refractivity contribution is 6.21. The molecule has 0 amide bonds. The van der Waals surface area contributed by atoms with Crippen molar-refractivity contribution in [1.82, 2.24) is 0 Å². The van der Waals surface area contributed by atoms with Crippen LogP contribution in [0.5, 0.6) is 5.75 Å². The van der Waals surface area contributed by atoms with Gasteiger partial charge in [0, 0.05) is 0 Å². The number of rotatable bonds is 3. The molecule has 110 valence electrons. The van der Waals surface area contributed by atoms with E-state index in [0.29, 0.717) is 5.92 Å². The number of aryl methyl sites for hydroxylation is 2. The normalized spacial score (nSPS) is 18.9. The fourth-order valence-electron chi connectivity index (χ4n) is 3.32. The Labute approximate surface area is 131 Å². The van der Waals surface area contributed by atoms with Crippen molar-refractivity contribution in [2.75, 3.05) is 7.11 Å². The van der Waals surface area contributed by atoms with Crippen LogP contribution in [0.1, 0.15) is 34.1 Å². The van der Waals surface area contributed by atoms with Crippen molar-refractivity contribution < 1.29 is 4.74 Å². The molecule has 1 nitrogen and oxygen atoms in total. The predicted octanol–water partition coefficient (Wildman–Crippen LogP) is 5.09. The molecule has 2 unspecified atom stereocenters. The third-order valence-corrected chi connectivity index (χ3v) is 5.14. The summed E-state index contributed by atoms with van der Waals surface area (Å²) in [6.45, 7) is 2.07. The third kappa shape index (κ3) is 2.94. The lowest BCUT2D eigenvalue weighted by Gasteiger charge is -2.28. The number of alkyl halides is 1. The van der Waals surface area contributed by atoms with Gasteiger partial charge in [0.05, 0.1) is 12.5 Å². The molecule has 0 bridgehead atoms. The molecule has 3 rings (SSSR count). The van der Waals surface area contributed by atoms with Gasteiger partial charge in [-0.2, -0.15) is 0 Å². The highest BCUT2D eigenvalue weighted by Crippen LogP contribution is 2.39. The van der Waals surface area contributed by atoms with E-state index in [9.17, 15) is 0 Å². The van der Waals surface area contributed by atoms with E-state index in [-0.39, 0.29) is 5.38 Å². The number of ether oxygens (including phenoxy) is 1. The summed E-state index contributed by atoms with van der Waals surface area (Å²) in [6, 6.07) is 15.0. The molecule has 0 spiro atoms. The van der Waals surface area contributed by atoms with E-state index in [2.05, 4.69) is 43.3 Å². The van der Waals surface area contributed by atoms with Gasteiger partial charge in [-0.05, 0) is 60.4 Å². The molecule has 0 saturated carbocycles. The lowest BCUT2D eigenvalue weighted by molar-refractivity contribution is 0.410. The summed E-state index contributed by atoms with van der Waals surface area (Å²) in [5, 5.41) is 0.0722. The maximum atomic E-state index is 6.78. The predicted molar refractivity (Wildman–Crippen MR) is 88.3 cm³/mol. The van der Waals surface area contributed by atoms with Gasteiger partial charge in [0.1, 0.15) is 5.75 Å². The maximum absolute atomic E-state index is 6.78. The van der Waals surface area contributed by atoms with Gasteiger partial charge in [0.25, 0.3) is 0 Å². The van der Waals surface area contributed by atoms with Crippen LogP contribution in [0.4, 0.5) is 0 Å². The summed E-state index contributed by atoms with van der Waals surface area (Å²) in [6.07, 6.45) is 3.38. The lowest BCUT2D eigenvalue weighted by Crippen LogP contribution is -2.18. The quantitative estimate of drug-likeness (QED) is 0.718. The second-order valence-corrected chi connectivity index (χ2v) is 6.37. The standard InChI is InChI=1S/C19H21ClO/c1-13-11-16(9-10-18(13)21-2)19(20)17-8-7-14-5-3-4-6-15(14)12-17/h3-6,9-11,17,19H,7-8,12H2,1-2H3. The Hall–Kier alpha value is -1.47. The summed E-state index contributed by atoms with van der Waals surface area (Å²) in [4.78, 5) is 0. The first-order valence-electron chi connectivity index (χ1n) is 7.54. The molecular weight excluding hydrogens is 280 g/mol. The van der Waals surface area contributed by atoms with Crippen LogP contribution < -0.4 is 4.74 Å². The molecule has 1 aliphatic carbocycles. The van der Waals surface area contributed by atoms with E-state index >= 15 is 0 Å². The van der Waals surface area contributed by atoms with Crippen molar-refractivity contribution in [3.8, 4) is 5.75 Å². The minimum Gasteiger partial charge on any atom is -0.496 e. The highest BCUT2D eigenvalue weighted by Gasteiger charge is 2.26. The SMILES string of the molecule is COc1ccc(C(Cl)C2CCc3ccccc3C2)cc1C. The summed E-state index contributed by atoms with van der Waals surface area (Å²) >= 11 is 6.78. The number of halogens is 1. The van der Waals surface area contributed by atoms with Gasteiger partial charge >= 0.3 is 0 Å². The monoisotopic (exact) mass is 300 g/mol. The molecule has 2 aromatic carbocycles.